The molecule has 0 bridgehead atoms. The number of carbonyl (C=O) groups is 2. The van der Waals surface area contributed by atoms with Gasteiger partial charge < -0.3 is 14.4 Å². The van der Waals surface area contributed by atoms with Gasteiger partial charge in [-0.15, -0.1) is 0 Å². The van der Waals surface area contributed by atoms with Crippen molar-refractivity contribution in [3.63, 3.8) is 0 Å². The minimum absolute atomic E-state index is 0.0155. The number of hydrogen-bond donors (Lipinski definition) is 0. The van der Waals surface area contributed by atoms with Gasteiger partial charge in [0.2, 0.25) is 0 Å². The van der Waals surface area contributed by atoms with Crippen LogP contribution in [0.1, 0.15) is 22.3 Å². The van der Waals surface area contributed by atoms with Gasteiger partial charge in [0, 0.05) is 35.8 Å². The number of benzene rings is 1. The Kier molecular flexibility index (Phi) is 5.23. The van der Waals surface area contributed by atoms with Gasteiger partial charge in [0.25, 0.3) is 5.91 Å². The van der Waals surface area contributed by atoms with Crippen LogP contribution in [0.2, 0.25) is 0 Å². The monoisotopic (exact) mass is 335 g/mol. The predicted molar refractivity (Wildman–Crippen MR) is 88.7 cm³/mol. The minimum Gasteiger partial charge on any atom is -0.469 e. The summed E-state index contributed by atoms with van der Waals surface area (Å²) in [4.78, 5) is 26.6. The van der Waals surface area contributed by atoms with Crippen molar-refractivity contribution in [3.05, 3.63) is 35.4 Å². The van der Waals surface area contributed by atoms with Crippen molar-refractivity contribution in [1.82, 2.24) is 4.90 Å². The zero-order valence-electron chi connectivity index (χ0n) is 13.2. The summed E-state index contributed by atoms with van der Waals surface area (Å²) in [5.41, 5.74) is 1.33. The van der Waals surface area contributed by atoms with E-state index in [0.29, 0.717) is 24.0 Å². The van der Waals surface area contributed by atoms with Gasteiger partial charge >= 0.3 is 5.97 Å². The molecule has 2 aliphatic heterocycles. The van der Waals surface area contributed by atoms with Gasteiger partial charge in [-0.2, -0.15) is 11.8 Å². The molecule has 0 aromatic heterocycles. The maximum absolute atomic E-state index is 13.1. The fraction of sp³-hybridized carbons (Fsp3) is 0.529. The smallest absolute Gasteiger partial charge is 0.310 e. The summed E-state index contributed by atoms with van der Waals surface area (Å²) in [5, 5.41) is 0.356. The molecule has 2 fully saturated rings. The van der Waals surface area contributed by atoms with E-state index in [0.717, 1.165) is 24.3 Å². The predicted octanol–water partition coefficient (Wildman–Crippen LogP) is 1.75. The Morgan fingerprint density at radius 1 is 1.39 bits per heavy atom. The number of fused-ring (bicyclic) bond motifs is 1. The standard InChI is InChI=1S/C17H21NO4S/c1-21-16(19)10-12-4-2-3-5-13(12)17(20)18-7-9-23-15-11-22-8-6-14(15)18/h2-5,14-15H,6-11H2,1H3/t14-,15+/m0/s1. The van der Waals surface area contributed by atoms with Gasteiger partial charge in [-0.05, 0) is 18.1 Å². The fourth-order valence-corrected chi connectivity index (χ4v) is 4.50. The van der Waals surface area contributed by atoms with Crippen LogP contribution in [0.4, 0.5) is 0 Å². The molecule has 2 aliphatic rings. The summed E-state index contributed by atoms with van der Waals surface area (Å²) in [6, 6.07) is 7.54. The number of amides is 1. The lowest BCUT2D eigenvalue weighted by atomic mass is 10.0. The van der Waals surface area contributed by atoms with Gasteiger partial charge in [-0.1, -0.05) is 18.2 Å². The summed E-state index contributed by atoms with van der Waals surface area (Å²) >= 11 is 1.89. The van der Waals surface area contributed by atoms with Crippen LogP contribution < -0.4 is 0 Å². The molecule has 0 saturated carbocycles. The number of hydrogen-bond acceptors (Lipinski definition) is 5. The van der Waals surface area contributed by atoms with Crippen molar-refractivity contribution >= 4 is 23.6 Å². The molecule has 0 N–H and O–H groups in total. The molecule has 2 atom stereocenters. The molecular formula is C17H21NO4S. The van der Waals surface area contributed by atoms with Crippen molar-refractivity contribution in [2.24, 2.45) is 0 Å². The molecule has 3 rings (SSSR count). The second-order valence-corrected chi connectivity index (χ2v) is 7.10. The third kappa shape index (κ3) is 3.53. The van der Waals surface area contributed by atoms with Gasteiger partial charge in [0.15, 0.2) is 0 Å². The Hall–Kier alpha value is -1.53. The highest BCUT2D eigenvalue weighted by atomic mass is 32.2. The van der Waals surface area contributed by atoms with Crippen molar-refractivity contribution in [3.8, 4) is 0 Å². The normalized spacial score (nSPS) is 24.0. The van der Waals surface area contributed by atoms with Crippen LogP contribution in [0.3, 0.4) is 0 Å². The average Bonchev–Trinajstić information content (AvgIpc) is 2.61. The number of rotatable bonds is 3. The fourth-order valence-electron chi connectivity index (χ4n) is 3.20. The number of nitrogens with zero attached hydrogens (tertiary/aromatic N) is 1. The molecule has 0 radical (unpaired) electrons. The van der Waals surface area contributed by atoms with Crippen LogP contribution in [0.5, 0.6) is 0 Å². The third-order valence-electron chi connectivity index (χ3n) is 4.40. The maximum Gasteiger partial charge on any atom is 0.310 e. The summed E-state index contributed by atoms with van der Waals surface area (Å²) < 4.78 is 10.3. The van der Waals surface area contributed by atoms with E-state index < -0.39 is 0 Å². The molecule has 6 heteroatoms. The SMILES string of the molecule is COC(=O)Cc1ccccc1C(=O)N1CCS[C@@H]2COCC[C@@H]21. The molecule has 1 aromatic rings. The zero-order valence-corrected chi connectivity index (χ0v) is 14.0. The van der Waals surface area contributed by atoms with Gasteiger partial charge in [-0.25, -0.2) is 0 Å². The number of methoxy groups -OCH3 is 1. The van der Waals surface area contributed by atoms with E-state index in [4.69, 9.17) is 9.47 Å². The van der Waals surface area contributed by atoms with E-state index in [2.05, 4.69) is 0 Å². The van der Waals surface area contributed by atoms with Gasteiger partial charge in [0.05, 0.1) is 20.1 Å². The second-order valence-electron chi connectivity index (χ2n) is 5.75. The maximum atomic E-state index is 13.1. The van der Waals surface area contributed by atoms with Crippen LogP contribution in [-0.4, -0.2) is 60.7 Å². The molecule has 2 saturated heterocycles. The van der Waals surface area contributed by atoms with Gasteiger partial charge in [-0.3, -0.25) is 9.59 Å². The first kappa shape index (κ1) is 16.3. The first-order valence-electron chi connectivity index (χ1n) is 7.85. The molecule has 1 aromatic carbocycles. The van der Waals surface area contributed by atoms with Gasteiger partial charge in [0.1, 0.15) is 0 Å². The summed E-state index contributed by atoms with van der Waals surface area (Å²) in [5.74, 6) is 0.611. The first-order valence-corrected chi connectivity index (χ1v) is 8.90. The number of thioether (sulfide) groups is 1. The quantitative estimate of drug-likeness (QED) is 0.788. The highest BCUT2D eigenvalue weighted by molar-refractivity contribution is 8.00. The Morgan fingerprint density at radius 3 is 3.04 bits per heavy atom. The topological polar surface area (TPSA) is 55.8 Å². The minimum atomic E-state index is -0.330. The van der Waals surface area contributed by atoms with E-state index in [1.165, 1.54) is 7.11 Å². The lowest BCUT2D eigenvalue weighted by Crippen LogP contribution is -2.54. The first-order chi connectivity index (χ1) is 11.2. The molecule has 5 nitrogen and oxygen atoms in total. The highest BCUT2D eigenvalue weighted by Gasteiger charge is 2.37. The highest BCUT2D eigenvalue weighted by Crippen LogP contribution is 2.31. The zero-order chi connectivity index (χ0) is 16.2. The van der Waals surface area contributed by atoms with Crippen molar-refractivity contribution < 1.29 is 19.1 Å². The van der Waals surface area contributed by atoms with Crippen molar-refractivity contribution in [2.45, 2.75) is 24.1 Å². The number of ether oxygens (including phenoxy) is 2. The molecular weight excluding hydrogens is 314 g/mol. The molecule has 23 heavy (non-hydrogen) atoms. The Bertz CT molecular complexity index is 590. The lowest BCUT2D eigenvalue weighted by Gasteiger charge is -2.43. The Morgan fingerprint density at radius 2 is 2.22 bits per heavy atom. The average molecular weight is 335 g/mol. The van der Waals surface area contributed by atoms with E-state index in [9.17, 15) is 9.59 Å². The molecule has 1 amide bonds. The van der Waals surface area contributed by atoms with Crippen LogP contribution in [0.25, 0.3) is 0 Å². The Balaban J connectivity index is 1.83. The molecule has 0 spiro atoms. The summed E-state index contributed by atoms with van der Waals surface area (Å²) in [7, 11) is 1.36. The molecule has 0 aliphatic carbocycles. The third-order valence-corrected chi connectivity index (χ3v) is 5.70. The number of esters is 1. The van der Waals surface area contributed by atoms with Crippen LogP contribution in [0, 0.1) is 0 Å². The Labute approximate surface area is 140 Å². The van der Waals surface area contributed by atoms with Crippen LogP contribution in [0.15, 0.2) is 24.3 Å². The van der Waals surface area contributed by atoms with Crippen molar-refractivity contribution in [1.29, 1.82) is 0 Å². The molecule has 124 valence electrons. The van der Waals surface area contributed by atoms with E-state index >= 15 is 0 Å². The second kappa shape index (κ2) is 7.36. The summed E-state index contributed by atoms with van der Waals surface area (Å²) in [6.07, 6.45) is 1.00. The van der Waals surface area contributed by atoms with Crippen LogP contribution >= 0.6 is 11.8 Å². The van der Waals surface area contributed by atoms with E-state index in [1.807, 2.05) is 34.9 Å². The van der Waals surface area contributed by atoms with E-state index in [-0.39, 0.29) is 24.3 Å². The molecule has 0 unspecified atom stereocenters. The van der Waals surface area contributed by atoms with Crippen LogP contribution in [-0.2, 0) is 20.7 Å². The van der Waals surface area contributed by atoms with E-state index in [1.54, 1.807) is 6.07 Å². The number of carbonyl (C=O) groups excluding carboxylic acids is 2. The lowest BCUT2D eigenvalue weighted by molar-refractivity contribution is -0.139. The molecule has 2 heterocycles. The summed E-state index contributed by atoms with van der Waals surface area (Å²) in [6.45, 7) is 2.16. The largest absolute Gasteiger partial charge is 0.469 e. The van der Waals surface area contributed by atoms with Crippen molar-refractivity contribution in [2.75, 3.05) is 32.6 Å².